The first kappa shape index (κ1) is 15.9. The van der Waals surface area contributed by atoms with E-state index in [1.165, 1.54) is 19.3 Å². The van der Waals surface area contributed by atoms with Gasteiger partial charge in [-0.2, -0.15) is 0 Å². The van der Waals surface area contributed by atoms with Crippen LogP contribution in [0.3, 0.4) is 0 Å². The molecule has 0 amide bonds. The molecule has 0 atom stereocenters. The van der Waals surface area contributed by atoms with Gasteiger partial charge in [-0.15, -0.1) is 0 Å². The minimum Gasteiger partial charge on any atom is -0.409 e. The molecule has 0 unspecified atom stereocenters. The summed E-state index contributed by atoms with van der Waals surface area (Å²) in [6.07, 6.45) is 7.29. The highest BCUT2D eigenvalue weighted by Crippen LogP contribution is 2.32. The molecule has 0 bridgehead atoms. The van der Waals surface area contributed by atoms with Crippen LogP contribution in [0.2, 0.25) is 5.02 Å². The number of nitrogens with zero attached hydrogens (tertiary/aromatic N) is 3. The van der Waals surface area contributed by atoms with Gasteiger partial charge in [-0.25, -0.2) is 4.98 Å². The molecular weight excluding hydrogens is 292 g/mol. The normalized spacial score (nSPS) is 17.0. The number of nitrogens with two attached hydrogens (primary N) is 1. The van der Waals surface area contributed by atoms with Crippen LogP contribution in [0.4, 0.5) is 5.82 Å². The first-order valence-electron chi connectivity index (χ1n) is 7.19. The molecule has 1 saturated carbocycles. The molecule has 116 valence electrons. The third kappa shape index (κ3) is 3.57. The summed E-state index contributed by atoms with van der Waals surface area (Å²) in [5.74, 6) is 0.540. The maximum Gasteiger partial charge on any atom is 0.171 e. The molecule has 0 radical (unpaired) electrons. The van der Waals surface area contributed by atoms with Crippen molar-refractivity contribution < 1.29 is 10.3 Å². The number of anilines is 1. The second kappa shape index (κ2) is 7.47. The Morgan fingerprint density at radius 3 is 2.76 bits per heavy atom. The summed E-state index contributed by atoms with van der Waals surface area (Å²) in [5.41, 5.74) is 6.08. The largest absolute Gasteiger partial charge is 0.409 e. The van der Waals surface area contributed by atoms with Gasteiger partial charge in [0.25, 0.3) is 0 Å². The topological polar surface area (TPSA) is 95.0 Å². The van der Waals surface area contributed by atoms with E-state index in [-0.39, 0.29) is 12.4 Å². The van der Waals surface area contributed by atoms with Gasteiger partial charge in [-0.1, -0.05) is 36.0 Å². The standard InChI is InChI=1S/C14H21ClN4O2/c15-12-11(13(16)18-21)6-7-17-14(12)19(8-9-20)10-4-2-1-3-5-10/h6-7,10,20-21H,1-5,8-9H2,(H2,16,18). The van der Waals surface area contributed by atoms with Gasteiger partial charge in [0.15, 0.2) is 5.84 Å². The fourth-order valence-corrected chi connectivity index (χ4v) is 3.16. The van der Waals surface area contributed by atoms with E-state index in [1.807, 2.05) is 4.90 Å². The average Bonchev–Trinajstić information content (AvgIpc) is 2.53. The second-order valence-electron chi connectivity index (χ2n) is 5.19. The van der Waals surface area contributed by atoms with Gasteiger partial charge < -0.3 is 20.9 Å². The number of hydrogen-bond donors (Lipinski definition) is 3. The van der Waals surface area contributed by atoms with E-state index in [0.29, 0.717) is 29.0 Å². The number of aliphatic hydroxyl groups is 1. The molecule has 0 spiro atoms. The zero-order chi connectivity index (χ0) is 15.2. The molecule has 1 aromatic heterocycles. The summed E-state index contributed by atoms with van der Waals surface area (Å²) in [6, 6.07) is 1.93. The molecule has 6 nitrogen and oxygen atoms in total. The van der Waals surface area contributed by atoms with Crippen molar-refractivity contribution in [1.82, 2.24) is 4.98 Å². The van der Waals surface area contributed by atoms with E-state index in [9.17, 15) is 5.11 Å². The lowest BCUT2D eigenvalue weighted by Gasteiger charge is -2.35. The van der Waals surface area contributed by atoms with Crippen molar-refractivity contribution in [2.24, 2.45) is 10.9 Å². The first-order valence-corrected chi connectivity index (χ1v) is 7.56. The zero-order valence-corrected chi connectivity index (χ0v) is 12.6. The highest BCUT2D eigenvalue weighted by atomic mass is 35.5. The number of halogens is 1. The van der Waals surface area contributed by atoms with Gasteiger partial charge in [-0.3, -0.25) is 0 Å². The minimum absolute atomic E-state index is 0.0301. The smallest absolute Gasteiger partial charge is 0.171 e. The Morgan fingerprint density at radius 2 is 2.14 bits per heavy atom. The fraction of sp³-hybridized carbons (Fsp3) is 0.571. The van der Waals surface area contributed by atoms with E-state index in [2.05, 4.69) is 10.1 Å². The van der Waals surface area contributed by atoms with Gasteiger partial charge in [0, 0.05) is 24.3 Å². The highest BCUT2D eigenvalue weighted by Gasteiger charge is 2.25. The van der Waals surface area contributed by atoms with Crippen molar-refractivity contribution >= 4 is 23.3 Å². The lowest BCUT2D eigenvalue weighted by atomic mass is 9.94. The van der Waals surface area contributed by atoms with E-state index in [4.69, 9.17) is 22.5 Å². The minimum atomic E-state index is -0.0451. The number of aliphatic hydroxyl groups excluding tert-OH is 1. The molecule has 2 rings (SSSR count). The molecule has 21 heavy (non-hydrogen) atoms. The van der Waals surface area contributed by atoms with Crippen LogP contribution in [-0.2, 0) is 0 Å². The van der Waals surface area contributed by atoms with Gasteiger partial charge in [0.05, 0.1) is 11.6 Å². The van der Waals surface area contributed by atoms with Gasteiger partial charge >= 0.3 is 0 Å². The second-order valence-corrected chi connectivity index (χ2v) is 5.57. The molecule has 4 N–H and O–H groups in total. The van der Waals surface area contributed by atoms with Crippen molar-refractivity contribution in [3.63, 3.8) is 0 Å². The number of hydrogen-bond acceptors (Lipinski definition) is 5. The molecule has 1 fully saturated rings. The maximum atomic E-state index is 9.34. The summed E-state index contributed by atoms with van der Waals surface area (Å²) in [5, 5.41) is 21.5. The number of amidine groups is 1. The van der Waals surface area contributed by atoms with Crippen LogP contribution in [0.5, 0.6) is 0 Å². The first-order chi connectivity index (χ1) is 10.2. The van der Waals surface area contributed by atoms with Crippen molar-refractivity contribution in [3.8, 4) is 0 Å². The maximum absolute atomic E-state index is 9.34. The van der Waals surface area contributed by atoms with Gasteiger partial charge in [-0.05, 0) is 18.9 Å². The van der Waals surface area contributed by atoms with Crippen LogP contribution in [0.1, 0.15) is 37.7 Å². The molecular formula is C14H21ClN4O2. The predicted octanol–water partition coefficient (Wildman–Crippen LogP) is 1.96. The Kier molecular flexibility index (Phi) is 5.64. The van der Waals surface area contributed by atoms with E-state index in [1.54, 1.807) is 12.3 Å². The van der Waals surface area contributed by atoms with Crippen LogP contribution in [0.15, 0.2) is 17.4 Å². The van der Waals surface area contributed by atoms with Crippen molar-refractivity contribution in [1.29, 1.82) is 0 Å². The Morgan fingerprint density at radius 1 is 1.43 bits per heavy atom. The van der Waals surface area contributed by atoms with E-state index < -0.39 is 0 Å². The van der Waals surface area contributed by atoms with E-state index >= 15 is 0 Å². The van der Waals surface area contributed by atoms with Crippen LogP contribution < -0.4 is 10.6 Å². The molecule has 0 aliphatic heterocycles. The molecule has 7 heteroatoms. The van der Waals surface area contributed by atoms with Crippen molar-refractivity contribution in [3.05, 3.63) is 22.8 Å². The summed E-state index contributed by atoms with van der Waals surface area (Å²) < 4.78 is 0. The highest BCUT2D eigenvalue weighted by molar-refractivity contribution is 6.36. The van der Waals surface area contributed by atoms with Gasteiger partial charge in [0.2, 0.25) is 0 Å². The summed E-state index contributed by atoms with van der Waals surface area (Å²) in [4.78, 5) is 6.38. The number of rotatable bonds is 5. The molecule has 1 aliphatic carbocycles. The number of pyridine rings is 1. The van der Waals surface area contributed by atoms with Crippen LogP contribution in [0, 0.1) is 0 Å². The molecule has 0 saturated heterocycles. The van der Waals surface area contributed by atoms with Crippen LogP contribution in [0.25, 0.3) is 0 Å². The predicted molar refractivity (Wildman–Crippen MR) is 83.1 cm³/mol. The van der Waals surface area contributed by atoms with E-state index in [0.717, 1.165) is 12.8 Å². The molecule has 0 aromatic carbocycles. The monoisotopic (exact) mass is 312 g/mol. The lowest BCUT2D eigenvalue weighted by molar-refractivity contribution is 0.289. The zero-order valence-electron chi connectivity index (χ0n) is 11.9. The average molecular weight is 313 g/mol. The fourth-order valence-electron chi connectivity index (χ4n) is 2.85. The SMILES string of the molecule is N/C(=N/O)c1ccnc(N(CCO)C2CCCCC2)c1Cl. The van der Waals surface area contributed by atoms with Gasteiger partial charge in [0.1, 0.15) is 5.82 Å². The molecule has 1 aromatic rings. The van der Waals surface area contributed by atoms with Crippen LogP contribution in [-0.4, -0.2) is 40.3 Å². The summed E-state index contributed by atoms with van der Waals surface area (Å²) >= 11 is 6.37. The Hall–Kier alpha value is -1.53. The molecule has 1 aliphatic rings. The molecule has 1 heterocycles. The third-order valence-corrected chi connectivity index (χ3v) is 4.26. The summed E-state index contributed by atoms with van der Waals surface area (Å²) in [7, 11) is 0. The Balaban J connectivity index is 2.35. The van der Waals surface area contributed by atoms with Crippen molar-refractivity contribution in [2.45, 2.75) is 38.1 Å². The Bertz CT molecular complexity index is 504. The lowest BCUT2D eigenvalue weighted by Crippen LogP contribution is -2.39. The number of aromatic nitrogens is 1. The quantitative estimate of drug-likeness (QED) is 0.334. The third-order valence-electron chi connectivity index (χ3n) is 3.88. The van der Waals surface area contributed by atoms with Crippen molar-refractivity contribution in [2.75, 3.05) is 18.1 Å². The summed E-state index contributed by atoms with van der Waals surface area (Å²) in [6.45, 7) is 0.499. The number of oxime groups is 1. The Labute approximate surface area is 129 Å². The van der Waals surface area contributed by atoms with Crippen LogP contribution >= 0.6 is 11.6 Å².